The third kappa shape index (κ3) is 4.09. The van der Waals surface area contributed by atoms with Gasteiger partial charge in [-0.1, -0.05) is 17.7 Å². The molecule has 168 valence electrons. The lowest BCUT2D eigenvalue weighted by Crippen LogP contribution is -2.13. The van der Waals surface area contributed by atoms with Crippen LogP contribution in [0.1, 0.15) is 32.6 Å². The second-order valence-electron chi connectivity index (χ2n) is 8.16. The van der Waals surface area contributed by atoms with Gasteiger partial charge < -0.3 is 4.74 Å². The highest BCUT2D eigenvalue weighted by Gasteiger charge is 2.23. The maximum atomic E-state index is 14.9. The van der Waals surface area contributed by atoms with Crippen LogP contribution in [-0.4, -0.2) is 5.97 Å². The summed E-state index contributed by atoms with van der Waals surface area (Å²) in [5.41, 5.74) is 2.76. The molecule has 0 amide bonds. The molecule has 0 aromatic heterocycles. The van der Waals surface area contributed by atoms with E-state index in [1.54, 1.807) is 0 Å². The molecule has 0 fully saturated rings. The molecule has 0 atom stereocenters. The Morgan fingerprint density at radius 2 is 1.36 bits per heavy atom. The van der Waals surface area contributed by atoms with Crippen LogP contribution in [-0.2, 0) is 0 Å². The van der Waals surface area contributed by atoms with E-state index in [1.165, 1.54) is 25.1 Å². The second kappa shape index (κ2) is 8.35. The van der Waals surface area contributed by atoms with Gasteiger partial charge in [0.2, 0.25) is 0 Å². The van der Waals surface area contributed by atoms with E-state index in [2.05, 4.69) is 0 Å². The first-order chi connectivity index (χ1) is 15.6. The molecule has 0 saturated heterocycles. The maximum absolute atomic E-state index is 14.9. The molecule has 2 nitrogen and oxygen atoms in total. The van der Waals surface area contributed by atoms with Gasteiger partial charge >= 0.3 is 5.97 Å². The third-order valence-electron chi connectivity index (χ3n) is 5.65. The van der Waals surface area contributed by atoms with Gasteiger partial charge in [-0.2, -0.15) is 0 Å². The van der Waals surface area contributed by atoms with Crippen molar-refractivity contribution in [3.8, 4) is 16.9 Å². The summed E-state index contributed by atoms with van der Waals surface area (Å²) in [6, 6.07) is 11.0. The number of carbonyl (C=O) groups excluding carboxylic acids is 1. The minimum absolute atomic E-state index is 0.0942. The molecule has 0 unspecified atom stereocenters. The Labute approximate surface area is 188 Å². The van der Waals surface area contributed by atoms with Crippen molar-refractivity contribution in [1.29, 1.82) is 0 Å². The van der Waals surface area contributed by atoms with E-state index in [1.807, 2.05) is 32.9 Å². The summed E-state index contributed by atoms with van der Waals surface area (Å²) in [5.74, 6) is -4.95. The monoisotopic (exact) mass is 452 g/mol. The largest absolute Gasteiger partial charge is 0.423 e. The van der Waals surface area contributed by atoms with Gasteiger partial charge in [-0.25, -0.2) is 22.4 Å². The summed E-state index contributed by atoms with van der Waals surface area (Å²) in [6.45, 7) is 6.94. The van der Waals surface area contributed by atoms with Crippen LogP contribution in [0.3, 0.4) is 0 Å². The zero-order valence-electron chi connectivity index (χ0n) is 18.4. The average Bonchev–Trinajstić information content (AvgIpc) is 2.70. The highest BCUT2D eigenvalue weighted by atomic mass is 19.1. The van der Waals surface area contributed by atoms with Gasteiger partial charge in [0.15, 0.2) is 0 Å². The molecule has 6 heteroatoms. The number of ether oxygens (including phenoxy) is 1. The summed E-state index contributed by atoms with van der Waals surface area (Å²) in [7, 11) is 0. The number of esters is 1. The molecule has 0 aliphatic heterocycles. The Balaban J connectivity index is 1.69. The van der Waals surface area contributed by atoms with Crippen molar-refractivity contribution in [3.63, 3.8) is 0 Å². The maximum Gasteiger partial charge on any atom is 0.349 e. The van der Waals surface area contributed by atoms with Crippen molar-refractivity contribution < 1.29 is 27.1 Å². The first kappa shape index (κ1) is 22.5. The van der Waals surface area contributed by atoms with Crippen molar-refractivity contribution >= 4 is 16.7 Å². The van der Waals surface area contributed by atoms with Crippen LogP contribution in [0.4, 0.5) is 17.6 Å². The molecule has 33 heavy (non-hydrogen) atoms. The van der Waals surface area contributed by atoms with Crippen LogP contribution in [0.15, 0.2) is 48.5 Å². The summed E-state index contributed by atoms with van der Waals surface area (Å²) in [4.78, 5) is 12.6. The third-order valence-corrected chi connectivity index (χ3v) is 5.65. The van der Waals surface area contributed by atoms with E-state index in [0.29, 0.717) is 11.1 Å². The molecule has 0 heterocycles. The molecular formula is C27H20F4O2. The number of rotatable bonds is 3. The SMILES string of the molecule is Cc1cc(C)c(-c2cc(F)c(C(=O)Oc3ccc4c(F)c(C)c(F)cc4c3)c(F)c2)c(C)c1. The predicted octanol–water partition coefficient (Wildman–Crippen LogP) is 7.52. The van der Waals surface area contributed by atoms with E-state index in [-0.39, 0.29) is 22.1 Å². The summed E-state index contributed by atoms with van der Waals surface area (Å²) < 4.78 is 63.0. The van der Waals surface area contributed by atoms with Gasteiger partial charge in [0, 0.05) is 10.9 Å². The Morgan fingerprint density at radius 1 is 0.758 bits per heavy atom. The van der Waals surface area contributed by atoms with Gasteiger partial charge in [-0.15, -0.1) is 0 Å². The molecule has 0 spiro atoms. The second-order valence-corrected chi connectivity index (χ2v) is 8.16. The topological polar surface area (TPSA) is 26.3 Å². The average molecular weight is 452 g/mol. The van der Waals surface area contributed by atoms with Gasteiger partial charge in [0.25, 0.3) is 0 Å². The molecule has 0 saturated carbocycles. The van der Waals surface area contributed by atoms with Gasteiger partial charge in [0.05, 0.1) is 0 Å². The van der Waals surface area contributed by atoms with Crippen LogP contribution in [0.5, 0.6) is 5.75 Å². The number of carbonyl (C=O) groups is 1. The number of benzene rings is 4. The highest BCUT2D eigenvalue weighted by Crippen LogP contribution is 2.32. The Morgan fingerprint density at radius 3 is 1.97 bits per heavy atom. The highest BCUT2D eigenvalue weighted by molar-refractivity contribution is 5.93. The summed E-state index contributed by atoms with van der Waals surface area (Å²) in [6.07, 6.45) is 0. The fourth-order valence-corrected chi connectivity index (χ4v) is 4.18. The lowest BCUT2D eigenvalue weighted by atomic mass is 9.93. The van der Waals surface area contributed by atoms with Crippen molar-refractivity contribution in [2.24, 2.45) is 0 Å². The number of hydrogen-bond donors (Lipinski definition) is 0. The van der Waals surface area contributed by atoms with Gasteiger partial charge in [-0.3, -0.25) is 0 Å². The van der Waals surface area contributed by atoms with Crippen molar-refractivity contribution in [2.45, 2.75) is 27.7 Å². The van der Waals surface area contributed by atoms with Crippen LogP contribution in [0.25, 0.3) is 21.9 Å². The number of hydrogen-bond acceptors (Lipinski definition) is 2. The fourth-order valence-electron chi connectivity index (χ4n) is 4.18. The lowest BCUT2D eigenvalue weighted by Gasteiger charge is -2.14. The van der Waals surface area contributed by atoms with Crippen LogP contribution in [0, 0.1) is 51.0 Å². The smallest absolute Gasteiger partial charge is 0.349 e. The van der Waals surface area contributed by atoms with Crippen LogP contribution in [0.2, 0.25) is 0 Å². The van der Waals surface area contributed by atoms with Gasteiger partial charge in [0.1, 0.15) is 34.6 Å². The molecule has 0 aliphatic rings. The molecular weight excluding hydrogens is 432 g/mol. The number of fused-ring (bicyclic) bond motifs is 1. The zero-order valence-corrected chi connectivity index (χ0v) is 18.4. The molecule has 4 rings (SSSR count). The Hall–Kier alpha value is -3.67. The van der Waals surface area contributed by atoms with E-state index in [4.69, 9.17) is 4.74 Å². The first-order valence-electron chi connectivity index (χ1n) is 10.2. The van der Waals surface area contributed by atoms with E-state index < -0.39 is 34.8 Å². The predicted molar refractivity (Wildman–Crippen MR) is 120 cm³/mol. The molecule has 0 aliphatic carbocycles. The first-order valence-corrected chi connectivity index (χ1v) is 10.2. The molecule has 0 radical (unpaired) electrons. The van der Waals surface area contributed by atoms with Gasteiger partial charge in [-0.05, 0) is 91.7 Å². The minimum atomic E-state index is -1.25. The van der Waals surface area contributed by atoms with E-state index in [9.17, 15) is 22.4 Å². The standard InChI is InChI=1S/C27H20F4O2/c1-13-7-14(2)24(15(3)8-13)18-11-22(29)25(23(30)12-18)27(32)33-19-5-6-20-17(9-19)10-21(28)16(4)26(20)31/h5-12H,1-4H3. The fraction of sp³-hybridized carbons (Fsp3) is 0.148. The number of aryl methyl sites for hydroxylation is 3. The zero-order chi connectivity index (χ0) is 24.0. The van der Waals surface area contributed by atoms with E-state index in [0.717, 1.165) is 34.9 Å². The van der Waals surface area contributed by atoms with Crippen molar-refractivity contribution in [1.82, 2.24) is 0 Å². The summed E-state index contributed by atoms with van der Waals surface area (Å²) in [5, 5.41) is 0.293. The molecule has 4 aromatic rings. The van der Waals surface area contributed by atoms with Crippen LogP contribution < -0.4 is 4.74 Å². The normalized spacial score (nSPS) is 11.2. The molecule has 0 bridgehead atoms. The molecule has 4 aromatic carbocycles. The quantitative estimate of drug-likeness (QED) is 0.183. The number of halogens is 4. The van der Waals surface area contributed by atoms with Crippen molar-refractivity contribution in [2.75, 3.05) is 0 Å². The van der Waals surface area contributed by atoms with E-state index >= 15 is 0 Å². The lowest BCUT2D eigenvalue weighted by molar-refractivity contribution is 0.0725. The summed E-state index contributed by atoms with van der Waals surface area (Å²) >= 11 is 0. The molecule has 0 N–H and O–H groups in total. The Bertz CT molecular complexity index is 1390. The minimum Gasteiger partial charge on any atom is -0.423 e. The van der Waals surface area contributed by atoms with Crippen molar-refractivity contribution in [3.05, 3.63) is 99.6 Å². The van der Waals surface area contributed by atoms with Crippen LogP contribution >= 0.6 is 0 Å². The Kier molecular flexibility index (Phi) is 5.70.